The van der Waals surface area contributed by atoms with Gasteiger partial charge in [-0.15, -0.1) is 0 Å². The van der Waals surface area contributed by atoms with Crippen LogP contribution >= 0.6 is 15.9 Å². The van der Waals surface area contributed by atoms with E-state index in [9.17, 15) is 5.11 Å². The van der Waals surface area contributed by atoms with E-state index in [1.165, 1.54) is 0 Å². The fourth-order valence-electron chi connectivity index (χ4n) is 1.69. The first kappa shape index (κ1) is 10.6. The van der Waals surface area contributed by atoms with Crippen molar-refractivity contribution in [2.45, 2.75) is 19.4 Å². The van der Waals surface area contributed by atoms with Crippen LogP contribution in [0.15, 0.2) is 34.9 Å². The standard InChI is InChI=1S/C12H12BrNO/c1-8(15)7-9-5-6-14-12-10(9)3-2-4-11(12)13/h2-6,8,15H,7H2,1H3. The normalized spacial score (nSPS) is 13.0. The van der Waals surface area contributed by atoms with Gasteiger partial charge in [-0.2, -0.15) is 0 Å². The van der Waals surface area contributed by atoms with Crippen LogP contribution in [0.3, 0.4) is 0 Å². The predicted octanol–water partition coefficient (Wildman–Crippen LogP) is 2.92. The highest BCUT2D eigenvalue weighted by Gasteiger charge is 2.06. The molecule has 0 fully saturated rings. The summed E-state index contributed by atoms with van der Waals surface area (Å²) in [7, 11) is 0. The summed E-state index contributed by atoms with van der Waals surface area (Å²) in [6.45, 7) is 1.80. The van der Waals surface area contributed by atoms with Crippen molar-refractivity contribution in [3.05, 3.63) is 40.5 Å². The van der Waals surface area contributed by atoms with E-state index in [4.69, 9.17) is 0 Å². The van der Waals surface area contributed by atoms with Crippen molar-refractivity contribution < 1.29 is 5.11 Å². The van der Waals surface area contributed by atoms with Gasteiger partial charge < -0.3 is 5.11 Å². The zero-order valence-electron chi connectivity index (χ0n) is 8.44. The van der Waals surface area contributed by atoms with E-state index in [1.54, 1.807) is 13.1 Å². The Morgan fingerprint density at radius 2 is 2.20 bits per heavy atom. The lowest BCUT2D eigenvalue weighted by atomic mass is 10.0. The summed E-state index contributed by atoms with van der Waals surface area (Å²) >= 11 is 3.47. The lowest BCUT2D eigenvalue weighted by Crippen LogP contribution is -2.04. The van der Waals surface area contributed by atoms with Crippen molar-refractivity contribution in [1.29, 1.82) is 0 Å². The number of rotatable bonds is 2. The number of halogens is 1. The van der Waals surface area contributed by atoms with Crippen LogP contribution in [0, 0.1) is 0 Å². The fourth-order valence-corrected chi connectivity index (χ4v) is 2.16. The van der Waals surface area contributed by atoms with Gasteiger partial charge in [-0.1, -0.05) is 12.1 Å². The van der Waals surface area contributed by atoms with E-state index in [0.717, 1.165) is 20.9 Å². The number of benzene rings is 1. The van der Waals surface area contributed by atoms with E-state index < -0.39 is 0 Å². The number of aliphatic hydroxyl groups excluding tert-OH is 1. The van der Waals surface area contributed by atoms with E-state index in [2.05, 4.69) is 20.9 Å². The van der Waals surface area contributed by atoms with Crippen LogP contribution in [0.5, 0.6) is 0 Å². The quantitative estimate of drug-likeness (QED) is 0.906. The van der Waals surface area contributed by atoms with Crippen LogP contribution in [0.2, 0.25) is 0 Å². The number of aliphatic hydroxyl groups is 1. The number of fused-ring (bicyclic) bond motifs is 1. The number of hydrogen-bond acceptors (Lipinski definition) is 2. The number of nitrogens with zero attached hydrogens (tertiary/aromatic N) is 1. The third-order valence-corrected chi connectivity index (χ3v) is 2.97. The summed E-state index contributed by atoms with van der Waals surface area (Å²) in [5, 5.41) is 10.5. The molecule has 1 aromatic heterocycles. The molecule has 0 saturated heterocycles. The van der Waals surface area contributed by atoms with Crippen molar-refractivity contribution in [3.8, 4) is 0 Å². The second-order valence-electron chi connectivity index (χ2n) is 3.66. The van der Waals surface area contributed by atoms with Crippen molar-refractivity contribution in [2.75, 3.05) is 0 Å². The van der Waals surface area contributed by atoms with Crippen LogP contribution in [-0.2, 0) is 6.42 Å². The summed E-state index contributed by atoms with van der Waals surface area (Å²) in [6.07, 6.45) is 2.12. The Balaban J connectivity index is 2.61. The largest absolute Gasteiger partial charge is 0.393 e. The molecule has 0 bridgehead atoms. The summed E-state index contributed by atoms with van der Waals surface area (Å²) in [6, 6.07) is 7.95. The molecular weight excluding hydrogens is 254 g/mol. The zero-order chi connectivity index (χ0) is 10.8. The van der Waals surface area contributed by atoms with Crippen LogP contribution in [0.4, 0.5) is 0 Å². The SMILES string of the molecule is CC(O)Cc1ccnc2c(Br)cccc12. The molecule has 0 aliphatic carbocycles. The fraction of sp³-hybridized carbons (Fsp3) is 0.250. The number of para-hydroxylation sites is 1. The molecule has 1 N–H and O–H groups in total. The highest BCUT2D eigenvalue weighted by molar-refractivity contribution is 9.10. The number of aromatic nitrogens is 1. The van der Waals surface area contributed by atoms with E-state index in [1.807, 2.05) is 24.3 Å². The van der Waals surface area contributed by atoms with Gasteiger partial charge in [0.25, 0.3) is 0 Å². The molecule has 0 aliphatic heterocycles. The van der Waals surface area contributed by atoms with Crippen molar-refractivity contribution in [1.82, 2.24) is 4.98 Å². The first-order chi connectivity index (χ1) is 7.18. The number of pyridine rings is 1. The Kier molecular flexibility index (Phi) is 3.03. The van der Waals surface area contributed by atoms with Crippen molar-refractivity contribution in [3.63, 3.8) is 0 Å². The molecule has 0 spiro atoms. The molecule has 78 valence electrons. The van der Waals surface area contributed by atoms with Crippen molar-refractivity contribution in [2.24, 2.45) is 0 Å². The second kappa shape index (κ2) is 4.29. The molecule has 2 rings (SSSR count). The first-order valence-electron chi connectivity index (χ1n) is 4.88. The third-order valence-electron chi connectivity index (χ3n) is 2.33. The second-order valence-corrected chi connectivity index (χ2v) is 4.51. The summed E-state index contributed by atoms with van der Waals surface area (Å²) in [4.78, 5) is 4.32. The third kappa shape index (κ3) is 2.19. The molecular formula is C12H12BrNO. The van der Waals surface area contributed by atoms with Gasteiger partial charge in [0.1, 0.15) is 0 Å². The van der Waals surface area contributed by atoms with Crippen LogP contribution in [0.1, 0.15) is 12.5 Å². The van der Waals surface area contributed by atoms with Crippen molar-refractivity contribution >= 4 is 26.8 Å². The van der Waals surface area contributed by atoms with Gasteiger partial charge >= 0.3 is 0 Å². The lowest BCUT2D eigenvalue weighted by molar-refractivity contribution is 0.196. The molecule has 2 nitrogen and oxygen atoms in total. The molecule has 0 radical (unpaired) electrons. The minimum atomic E-state index is -0.324. The van der Waals surface area contributed by atoms with Gasteiger partial charge in [-0.05, 0) is 47.0 Å². The monoisotopic (exact) mass is 265 g/mol. The maximum Gasteiger partial charge on any atom is 0.0846 e. The summed E-state index contributed by atoms with van der Waals surface area (Å²) in [5.41, 5.74) is 2.09. The van der Waals surface area contributed by atoms with Crippen LogP contribution < -0.4 is 0 Å². The maximum absolute atomic E-state index is 9.40. The maximum atomic E-state index is 9.40. The van der Waals surface area contributed by atoms with E-state index in [0.29, 0.717) is 6.42 Å². The average Bonchev–Trinajstić information content (AvgIpc) is 2.19. The molecule has 1 atom stereocenters. The van der Waals surface area contributed by atoms with Gasteiger partial charge in [-0.25, -0.2) is 0 Å². The Morgan fingerprint density at radius 1 is 1.40 bits per heavy atom. The minimum absolute atomic E-state index is 0.324. The van der Waals surface area contributed by atoms with E-state index in [-0.39, 0.29) is 6.10 Å². The average molecular weight is 266 g/mol. The first-order valence-corrected chi connectivity index (χ1v) is 5.68. The smallest absolute Gasteiger partial charge is 0.0846 e. The Bertz CT molecular complexity index is 482. The highest BCUT2D eigenvalue weighted by Crippen LogP contribution is 2.24. The highest BCUT2D eigenvalue weighted by atomic mass is 79.9. The van der Waals surface area contributed by atoms with Gasteiger partial charge in [-0.3, -0.25) is 4.98 Å². The number of hydrogen-bond donors (Lipinski definition) is 1. The van der Waals surface area contributed by atoms with Gasteiger partial charge in [0.05, 0.1) is 11.6 Å². The minimum Gasteiger partial charge on any atom is -0.393 e. The Labute approximate surface area is 97.1 Å². The molecule has 0 saturated carbocycles. The molecule has 15 heavy (non-hydrogen) atoms. The van der Waals surface area contributed by atoms with E-state index >= 15 is 0 Å². The van der Waals surface area contributed by atoms with Gasteiger partial charge in [0.15, 0.2) is 0 Å². The lowest BCUT2D eigenvalue weighted by Gasteiger charge is -2.08. The Morgan fingerprint density at radius 3 is 2.93 bits per heavy atom. The molecule has 2 aromatic rings. The predicted molar refractivity (Wildman–Crippen MR) is 64.8 cm³/mol. The van der Waals surface area contributed by atoms with Gasteiger partial charge in [0, 0.05) is 16.1 Å². The Hall–Kier alpha value is -0.930. The molecule has 1 heterocycles. The molecule has 1 unspecified atom stereocenters. The zero-order valence-corrected chi connectivity index (χ0v) is 10.0. The van der Waals surface area contributed by atoms with Crippen LogP contribution in [0.25, 0.3) is 10.9 Å². The molecule has 3 heteroatoms. The molecule has 1 aromatic carbocycles. The van der Waals surface area contributed by atoms with Gasteiger partial charge in [0.2, 0.25) is 0 Å². The molecule has 0 aliphatic rings. The topological polar surface area (TPSA) is 33.1 Å². The molecule has 0 amide bonds. The summed E-state index contributed by atoms with van der Waals surface area (Å²) < 4.78 is 0.993. The van der Waals surface area contributed by atoms with Crippen LogP contribution in [-0.4, -0.2) is 16.2 Å². The summed E-state index contributed by atoms with van der Waals surface area (Å²) in [5.74, 6) is 0.